The van der Waals surface area contributed by atoms with Crippen molar-refractivity contribution in [3.63, 3.8) is 0 Å². The van der Waals surface area contributed by atoms with Crippen LogP contribution >= 0.6 is 0 Å². The van der Waals surface area contributed by atoms with Gasteiger partial charge in [-0.2, -0.15) is 13.2 Å². The zero-order chi connectivity index (χ0) is 21.0. The number of carboxylic acids is 1. The van der Waals surface area contributed by atoms with Gasteiger partial charge < -0.3 is 15.1 Å². The van der Waals surface area contributed by atoms with E-state index in [4.69, 9.17) is 5.11 Å². The van der Waals surface area contributed by atoms with Gasteiger partial charge in [-0.05, 0) is 12.8 Å². The van der Waals surface area contributed by atoms with Crippen LogP contribution in [-0.4, -0.2) is 51.9 Å². The zero-order valence-electron chi connectivity index (χ0n) is 16.6. The molecule has 28 heavy (non-hydrogen) atoms. The van der Waals surface area contributed by atoms with E-state index in [1.807, 2.05) is 0 Å². The number of aliphatic hydroxyl groups is 1. The van der Waals surface area contributed by atoms with Gasteiger partial charge in [0.2, 0.25) is 5.91 Å². The van der Waals surface area contributed by atoms with E-state index in [2.05, 4.69) is 0 Å². The maximum absolute atomic E-state index is 12.8. The van der Waals surface area contributed by atoms with E-state index in [1.54, 1.807) is 0 Å². The number of carboxylic acid groups (broad SMARTS) is 1. The van der Waals surface area contributed by atoms with Gasteiger partial charge in [-0.25, -0.2) is 0 Å². The van der Waals surface area contributed by atoms with E-state index in [0.717, 1.165) is 64.2 Å². The van der Waals surface area contributed by atoms with E-state index in [9.17, 15) is 27.9 Å². The molecular formula is C20H34F3NO4. The van der Waals surface area contributed by atoms with Gasteiger partial charge in [-0.3, -0.25) is 9.59 Å². The van der Waals surface area contributed by atoms with E-state index < -0.39 is 30.6 Å². The molecule has 1 fully saturated rings. The summed E-state index contributed by atoms with van der Waals surface area (Å²) < 4.78 is 38.3. The van der Waals surface area contributed by atoms with Crippen molar-refractivity contribution < 1.29 is 33.0 Å². The fourth-order valence-corrected chi connectivity index (χ4v) is 3.53. The van der Waals surface area contributed by atoms with Gasteiger partial charge in [-0.15, -0.1) is 0 Å². The number of halogens is 3. The van der Waals surface area contributed by atoms with Crippen LogP contribution in [0.15, 0.2) is 0 Å². The first-order valence-electron chi connectivity index (χ1n) is 10.4. The van der Waals surface area contributed by atoms with Crippen LogP contribution in [0.4, 0.5) is 13.2 Å². The first-order chi connectivity index (χ1) is 13.2. The lowest BCUT2D eigenvalue weighted by Gasteiger charge is -2.39. The van der Waals surface area contributed by atoms with Gasteiger partial charge in [0.15, 0.2) is 5.60 Å². The molecule has 0 saturated carbocycles. The third-order valence-electron chi connectivity index (χ3n) is 5.50. The van der Waals surface area contributed by atoms with Crippen LogP contribution in [0.2, 0.25) is 0 Å². The molecule has 2 N–H and O–H groups in total. The Kier molecular flexibility index (Phi) is 10.9. The number of unbranched alkanes of at least 4 members (excludes halogenated alkanes) is 9. The van der Waals surface area contributed by atoms with Crippen molar-refractivity contribution in [3.8, 4) is 0 Å². The second kappa shape index (κ2) is 12.3. The van der Waals surface area contributed by atoms with Crippen LogP contribution in [0, 0.1) is 0 Å². The number of likely N-dealkylation sites (tertiary alicyclic amines) is 1. The highest BCUT2D eigenvalue weighted by atomic mass is 19.4. The molecule has 0 aromatic carbocycles. The average molecular weight is 409 g/mol. The Morgan fingerprint density at radius 1 is 0.786 bits per heavy atom. The lowest BCUT2D eigenvalue weighted by Crippen LogP contribution is -2.54. The summed E-state index contributed by atoms with van der Waals surface area (Å²) in [7, 11) is 0. The van der Waals surface area contributed by atoms with Crippen LogP contribution in [-0.2, 0) is 9.59 Å². The number of carbonyl (C=O) groups excluding carboxylic acids is 1. The molecule has 1 saturated heterocycles. The molecule has 1 amide bonds. The molecule has 0 aromatic heterocycles. The fraction of sp³-hybridized carbons (Fsp3) is 0.900. The molecule has 0 spiro atoms. The smallest absolute Gasteiger partial charge is 0.417 e. The molecule has 0 aromatic rings. The summed E-state index contributed by atoms with van der Waals surface area (Å²) in [5.41, 5.74) is -2.65. The monoisotopic (exact) mass is 409 g/mol. The van der Waals surface area contributed by atoms with Gasteiger partial charge in [0.25, 0.3) is 0 Å². The molecule has 1 heterocycles. The van der Waals surface area contributed by atoms with Crippen molar-refractivity contribution in [3.05, 3.63) is 0 Å². The Hall–Kier alpha value is -1.31. The number of hydrogen-bond acceptors (Lipinski definition) is 3. The standard InChI is InChI=1S/C20H34F3NO4/c21-20(22,23)19(28)13-15-24(16-14-19)17(25)11-9-7-5-3-1-2-4-6-8-10-12-18(26)27/h28H,1-16H2,(H,26,27). The van der Waals surface area contributed by atoms with Crippen molar-refractivity contribution in [2.75, 3.05) is 13.1 Å². The summed E-state index contributed by atoms with van der Waals surface area (Å²) in [6.45, 7) is -0.0807. The highest BCUT2D eigenvalue weighted by Gasteiger charge is 2.54. The highest BCUT2D eigenvalue weighted by Crippen LogP contribution is 2.38. The summed E-state index contributed by atoms with van der Waals surface area (Å²) in [4.78, 5) is 23.9. The maximum Gasteiger partial charge on any atom is 0.417 e. The molecule has 0 aliphatic carbocycles. The minimum absolute atomic E-state index is 0.0404. The molecule has 0 unspecified atom stereocenters. The zero-order valence-corrected chi connectivity index (χ0v) is 16.6. The van der Waals surface area contributed by atoms with Crippen LogP contribution in [0.5, 0.6) is 0 Å². The number of alkyl halides is 3. The number of aliphatic carboxylic acids is 1. The Morgan fingerprint density at radius 3 is 1.57 bits per heavy atom. The number of amides is 1. The number of piperidine rings is 1. The molecular weight excluding hydrogens is 375 g/mol. The summed E-state index contributed by atoms with van der Waals surface area (Å²) in [6, 6.07) is 0. The number of hydrogen-bond donors (Lipinski definition) is 2. The lowest BCUT2D eigenvalue weighted by molar-refractivity contribution is -0.272. The van der Waals surface area contributed by atoms with Crippen LogP contribution < -0.4 is 0 Å². The van der Waals surface area contributed by atoms with Crippen LogP contribution in [0.3, 0.4) is 0 Å². The molecule has 8 heteroatoms. The second-order valence-electron chi connectivity index (χ2n) is 7.84. The summed E-state index contributed by atoms with van der Waals surface area (Å²) in [5, 5.41) is 18.2. The number of rotatable bonds is 13. The first-order valence-corrected chi connectivity index (χ1v) is 10.4. The number of nitrogens with zero attached hydrogens (tertiary/aromatic N) is 1. The minimum Gasteiger partial charge on any atom is -0.481 e. The van der Waals surface area contributed by atoms with Gasteiger partial charge in [-0.1, -0.05) is 51.4 Å². The average Bonchev–Trinajstić information content (AvgIpc) is 2.62. The Morgan fingerprint density at radius 2 is 1.18 bits per heavy atom. The van der Waals surface area contributed by atoms with Crippen molar-refractivity contribution in [1.29, 1.82) is 0 Å². The minimum atomic E-state index is -4.64. The maximum atomic E-state index is 12.8. The SMILES string of the molecule is O=C(O)CCCCCCCCCCCCC(=O)N1CCC(O)(C(F)(F)F)CC1. The van der Waals surface area contributed by atoms with Gasteiger partial charge in [0.05, 0.1) is 0 Å². The molecule has 0 atom stereocenters. The van der Waals surface area contributed by atoms with E-state index in [-0.39, 0.29) is 25.4 Å². The van der Waals surface area contributed by atoms with E-state index in [1.165, 1.54) is 4.90 Å². The fourth-order valence-electron chi connectivity index (χ4n) is 3.53. The molecule has 164 valence electrons. The van der Waals surface area contributed by atoms with Crippen molar-refractivity contribution >= 4 is 11.9 Å². The highest BCUT2D eigenvalue weighted by molar-refractivity contribution is 5.76. The Bertz CT molecular complexity index is 475. The first kappa shape index (κ1) is 24.7. The molecule has 1 aliphatic rings. The third kappa shape index (κ3) is 9.26. The van der Waals surface area contributed by atoms with Crippen molar-refractivity contribution in [2.45, 2.75) is 102 Å². The van der Waals surface area contributed by atoms with Gasteiger partial charge in [0, 0.05) is 38.8 Å². The predicted molar refractivity (Wildman–Crippen MR) is 99.9 cm³/mol. The largest absolute Gasteiger partial charge is 0.481 e. The quantitative estimate of drug-likeness (QED) is 0.434. The van der Waals surface area contributed by atoms with Gasteiger partial charge >= 0.3 is 12.1 Å². The van der Waals surface area contributed by atoms with Gasteiger partial charge in [0.1, 0.15) is 0 Å². The lowest BCUT2D eigenvalue weighted by atomic mass is 9.90. The molecule has 0 radical (unpaired) electrons. The molecule has 0 bridgehead atoms. The summed E-state index contributed by atoms with van der Waals surface area (Å²) in [5.74, 6) is -0.854. The van der Waals surface area contributed by atoms with Crippen LogP contribution in [0.25, 0.3) is 0 Å². The normalized spacial score (nSPS) is 16.9. The van der Waals surface area contributed by atoms with Crippen molar-refractivity contribution in [1.82, 2.24) is 4.90 Å². The summed E-state index contributed by atoms with van der Waals surface area (Å²) in [6.07, 6.45) is 5.08. The molecule has 5 nitrogen and oxygen atoms in total. The molecule has 1 rings (SSSR count). The van der Waals surface area contributed by atoms with Crippen LogP contribution in [0.1, 0.15) is 89.9 Å². The number of carbonyl (C=O) groups is 2. The molecule has 1 aliphatic heterocycles. The third-order valence-corrected chi connectivity index (χ3v) is 5.50. The van der Waals surface area contributed by atoms with E-state index >= 15 is 0 Å². The predicted octanol–water partition coefficient (Wildman–Crippen LogP) is 4.67. The second-order valence-corrected chi connectivity index (χ2v) is 7.84. The topological polar surface area (TPSA) is 77.8 Å². The Labute approximate surface area is 165 Å². The Balaban J connectivity index is 1.97. The summed E-state index contributed by atoms with van der Waals surface area (Å²) >= 11 is 0. The van der Waals surface area contributed by atoms with E-state index in [0.29, 0.717) is 6.42 Å². The van der Waals surface area contributed by atoms with Crippen molar-refractivity contribution in [2.24, 2.45) is 0 Å².